The van der Waals surface area contributed by atoms with Crippen LogP contribution in [0.5, 0.6) is 0 Å². The normalized spacial score (nSPS) is 13.5. The van der Waals surface area contributed by atoms with Crippen LogP contribution >= 0.6 is 71.2 Å². The molecular weight excluding hydrogens is 316 g/mol. The van der Waals surface area contributed by atoms with E-state index in [1.54, 1.807) is 0 Å². The first-order valence-corrected chi connectivity index (χ1v) is 10.1. The predicted molar refractivity (Wildman–Crippen MR) is 67.6 cm³/mol. The molecule has 0 spiro atoms. The second-order valence-electron chi connectivity index (χ2n) is 1.93. The molecule has 0 aliphatic heterocycles. The molecule has 76 valence electrons. The molecule has 0 saturated heterocycles. The van der Waals surface area contributed by atoms with Crippen LogP contribution in [0.2, 0.25) is 5.02 Å². The largest absolute Gasteiger partial charge is 0.0843 e. The van der Waals surface area contributed by atoms with E-state index < -0.39 is 3.37 Å². The Morgan fingerprint density at radius 3 is 1.23 bits per heavy atom. The van der Waals surface area contributed by atoms with Crippen LogP contribution < -0.4 is 0 Å². The Labute approximate surface area is 106 Å². The third-order valence-electron chi connectivity index (χ3n) is 0.733. The van der Waals surface area contributed by atoms with Crippen molar-refractivity contribution in [1.29, 1.82) is 0 Å². The molecule has 1 aromatic rings. The predicted octanol–water partition coefficient (Wildman–Crippen LogP) is 6.65. The molecule has 0 heterocycles. The van der Waals surface area contributed by atoms with Crippen LogP contribution in [0.4, 0.5) is 0 Å². The molecule has 7 heteroatoms. The number of benzene rings is 1. The number of hydrogen-bond donors (Lipinski definition) is 0. The second-order valence-corrected chi connectivity index (χ2v) is 19.0. The van der Waals surface area contributed by atoms with Crippen molar-refractivity contribution in [2.24, 2.45) is 0 Å². The molecule has 0 aromatic heterocycles. The molecule has 0 atom stereocenters. The topological polar surface area (TPSA) is 0 Å². The summed E-state index contributed by atoms with van der Waals surface area (Å²) in [4.78, 5) is 0. The van der Waals surface area contributed by atoms with Gasteiger partial charge in [-0.15, -0.1) is 0 Å². The summed E-state index contributed by atoms with van der Waals surface area (Å²) in [5.74, 6) is 0. The number of hydrogen-bond acceptors (Lipinski definition) is 0. The summed E-state index contributed by atoms with van der Waals surface area (Å²) < 4.78 is -3.69. The van der Waals surface area contributed by atoms with Gasteiger partial charge in [0.05, 0.1) is 0 Å². The molecule has 1 rings (SSSR count). The molecular formula is C6H5Cl6P. The fourth-order valence-electron chi connectivity index (χ4n) is 0.415. The van der Waals surface area contributed by atoms with E-state index in [-0.39, 0.29) is 0 Å². The number of halogens is 6. The third-order valence-corrected chi connectivity index (χ3v) is 0.985. The average molecular weight is 321 g/mol. The molecule has 1 aromatic carbocycles. The Morgan fingerprint density at radius 1 is 0.769 bits per heavy atom. The van der Waals surface area contributed by atoms with Gasteiger partial charge in [0.1, 0.15) is 0 Å². The molecule has 0 amide bonds. The summed E-state index contributed by atoms with van der Waals surface area (Å²) in [6, 6.07) is 9.44. The monoisotopic (exact) mass is 318 g/mol. The Hall–Kier alpha value is 1.39. The van der Waals surface area contributed by atoms with Gasteiger partial charge in [-0.2, -0.15) is 0 Å². The van der Waals surface area contributed by atoms with E-state index in [9.17, 15) is 0 Å². The van der Waals surface area contributed by atoms with Crippen LogP contribution in [0.15, 0.2) is 30.3 Å². The van der Waals surface area contributed by atoms with Crippen molar-refractivity contribution in [2.75, 3.05) is 0 Å². The maximum Gasteiger partial charge on any atom is 0.0405 e. The van der Waals surface area contributed by atoms with Gasteiger partial charge in [-0.1, -0.05) is 29.8 Å². The first kappa shape index (κ1) is 14.4. The van der Waals surface area contributed by atoms with Gasteiger partial charge in [0, 0.05) is 5.02 Å². The maximum atomic E-state index is 5.54. The van der Waals surface area contributed by atoms with E-state index in [0.717, 1.165) is 5.02 Å². The Balaban J connectivity index is 0.000000226. The van der Waals surface area contributed by atoms with Crippen LogP contribution in [-0.4, -0.2) is 0 Å². The quantitative estimate of drug-likeness (QED) is 0.469. The molecule has 0 fully saturated rings. The minimum absolute atomic E-state index is 0.794. The van der Waals surface area contributed by atoms with Crippen LogP contribution in [0.1, 0.15) is 0 Å². The van der Waals surface area contributed by atoms with E-state index in [0.29, 0.717) is 0 Å². The van der Waals surface area contributed by atoms with Gasteiger partial charge in [0.25, 0.3) is 0 Å². The summed E-state index contributed by atoms with van der Waals surface area (Å²) in [5.41, 5.74) is 0. The van der Waals surface area contributed by atoms with Gasteiger partial charge in [-0.3, -0.25) is 0 Å². The van der Waals surface area contributed by atoms with E-state index in [1.165, 1.54) is 0 Å². The van der Waals surface area contributed by atoms with Gasteiger partial charge in [0.15, 0.2) is 0 Å². The Bertz CT molecular complexity index is 234. The first-order valence-electron chi connectivity index (χ1n) is 2.94. The summed E-state index contributed by atoms with van der Waals surface area (Å²) in [7, 11) is 0. The average Bonchev–Trinajstić information content (AvgIpc) is 1.83. The molecule has 0 aliphatic carbocycles. The Morgan fingerprint density at radius 2 is 1.08 bits per heavy atom. The van der Waals surface area contributed by atoms with Gasteiger partial charge >= 0.3 is 59.6 Å². The maximum absolute atomic E-state index is 5.54. The van der Waals surface area contributed by atoms with Gasteiger partial charge < -0.3 is 0 Å². The van der Waals surface area contributed by atoms with Gasteiger partial charge in [-0.25, -0.2) is 0 Å². The molecule has 0 nitrogen and oxygen atoms in total. The summed E-state index contributed by atoms with van der Waals surface area (Å²) in [6.07, 6.45) is 0. The van der Waals surface area contributed by atoms with Crippen molar-refractivity contribution >= 4 is 71.2 Å². The molecule has 0 aliphatic rings. The summed E-state index contributed by atoms with van der Waals surface area (Å²) in [5, 5.41) is 0.794. The van der Waals surface area contributed by atoms with Gasteiger partial charge in [0.2, 0.25) is 0 Å². The summed E-state index contributed by atoms with van der Waals surface area (Å²) in [6.45, 7) is 0. The van der Waals surface area contributed by atoms with Crippen LogP contribution in [0.3, 0.4) is 0 Å². The minimum atomic E-state index is -3.69. The molecule has 13 heavy (non-hydrogen) atoms. The number of rotatable bonds is 0. The SMILES string of the molecule is ClP(Cl)(Cl)(Cl)Cl.Clc1ccccc1. The zero-order valence-electron chi connectivity index (χ0n) is 6.10. The van der Waals surface area contributed by atoms with Crippen molar-refractivity contribution in [3.63, 3.8) is 0 Å². The Kier molecular flexibility index (Phi) is 6.05. The van der Waals surface area contributed by atoms with E-state index in [2.05, 4.69) is 0 Å². The molecule has 0 N–H and O–H groups in total. The molecule has 0 unspecified atom stereocenters. The first-order chi connectivity index (χ1) is 5.63. The fraction of sp³-hybridized carbons (Fsp3) is 0. The van der Waals surface area contributed by atoms with Crippen molar-refractivity contribution in [2.45, 2.75) is 0 Å². The molecule has 0 saturated carbocycles. The van der Waals surface area contributed by atoms with Crippen molar-refractivity contribution < 1.29 is 0 Å². The van der Waals surface area contributed by atoms with Crippen molar-refractivity contribution in [3.05, 3.63) is 35.4 Å². The van der Waals surface area contributed by atoms with Gasteiger partial charge in [-0.05, 0) is 12.1 Å². The van der Waals surface area contributed by atoms with E-state index in [4.69, 9.17) is 67.8 Å². The van der Waals surface area contributed by atoms with Crippen molar-refractivity contribution in [3.8, 4) is 0 Å². The second kappa shape index (κ2) is 5.47. The molecule has 0 radical (unpaired) electrons. The zero-order chi connectivity index (χ0) is 10.6. The smallest absolute Gasteiger partial charge is 0.0405 e. The zero-order valence-corrected chi connectivity index (χ0v) is 11.5. The van der Waals surface area contributed by atoms with Crippen LogP contribution in [-0.2, 0) is 0 Å². The molecule has 0 bridgehead atoms. The van der Waals surface area contributed by atoms with Crippen LogP contribution in [0, 0.1) is 0 Å². The third kappa shape index (κ3) is 19.7. The summed E-state index contributed by atoms with van der Waals surface area (Å²) >= 11 is 30.4. The van der Waals surface area contributed by atoms with Crippen LogP contribution in [0.25, 0.3) is 0 Å². The van der Waals surface area contributed by atoms with E-state index in [1.807, 2.05) is 30.3 Å². The standard InChI is InChI=1S/C6H5Cl.Cl5P/c7-6-4-2-1-3-5-6;1-6(2,3,4)5/h1-5H;. The minimum Gasteiger partial charge on any atom is -0.0843 e. The van der Waals surface area contributed by atoms with Crippen molar-refractivity contribution in [1.82, 2.24) is 0 Å². The van der Waals surface area contributed by atoms with E-state index >= 15 is 0 Å². The fourth-order valence-corrected chi connectivity index (χ4v) is 0.560.